The molecule has 0 saturated heterocycles. The molecule has 2 rings (SSSR count). The SMILES string of the molecule is CC(CCNCc1ccc(-c2ccc(F)cc2)o1)S(C)=O. The summed E-state index contributed by atoms with van der Waals surface area (Å²) in [7, 11) is -0.775. The summed E-state index contributed by atoms with van der Waals surface area (Å²) < 4.78 is 29.8. The highest BCUT2D eigenvalue weighted by Crippen LogP contribution is 2.22. The molecule has 0 fully saturated rings. The molecule has 0 radical (unpaired) electrons. The van der Waals surface area contributed by atoms with Crippen LogP contribution in [0.1, 0.15) is 19.1 Å². The van der Waals surface area contributed by atoms with Crippen LogP contribution in [0.5, 0.6) is 0 Å². The van der Waals surface area contributed by atoms with Crippen LogP contribution in [0.25, 0.3) is 11.3 Å². The molecule has 5 heteroatoms. The van der Waals surface area contributed by atoms with E-state index < -0.39 is 10.8 Å². The van der Waals surface area contributed by atoms with Gasteiger partial charge in [-0.25, -0.2) is 4.39 Å². The maximum Gasteiger partial charge on any atom is 0.134 e. The van der Waals surface area contributed by atoms with Crippen molar-refractivity contribution in [1.82, 2.24) is 5.32 Å². The highest BCUT2D eigenvalue weighted by atomic mass is 32.2. The Balaban J connectivity index is 1.83. The van der Waals surface area contributed by atoms with E-state index in [1.807, 2.05) is 19.1 Å². The first-order valence-electron chi connectivity index (χ1n) is 6.94. The van der Waals surface area contributed by atoms with Gasteiger partial charge in [0.25, 0.3) is 0 Å². The minimum atomic E-state index is -0.775. The zero-order chi connectivity index (χ0) is 15.2. The number of halogens is 1. The van der Waals surface area contributed by atoms with Gasteiger partial charge in [0, 0.05) is 27.9 Å². The topological polar surface area (TPSA) is 42.2 Å². The van der Waals surface area contributed by atoms with Crippen molar-refractivity contribution in [3.05, 3.63) is 48.0 Å². The van der Waals surface area contributed by atoms with E-state index in [0.29, 0.717) is 6.54 Å². The second-order valence-corrected chi connectivity index (χ2v) is 6.85. The quantitative estimate of drug-likeness (QED) is 0.798. The molecule has 114 valence electrons. The number of nitrogens with one attached hydrogen (secondary N) is 1. The van der Waals surface area contributed by atoms with Crippen molar-refractivity contribution in [2.75, 3.05) is 12.8 Å². The van der Waals surface area contributed by atoms with Crippen LogP contribution in [-0.4, -0.2) is 22.3 Å². The van der Waals surface area contributed by atoms with Crippen LogP contribution in [0.2, 0.25) is 0 Å². The van der Waals surface area contributed by atoms with Crippen molar-refractivity contribution >= 4 is 10.8 Å². The van der Waals surface area contributed by atoms with Gasteiger partial charge >= 0.3 is 0 Å². The molecule has 0 aliphatic rings. The zero-order valence-electron chi connectivity index (χ0n) is 12.3. The van der Waals surface area contributed by atoms with Crippen molar-refractivity contribution in [1.29, 1.82) is 0 Å². The summed E-state index contributed by atoms with van der Waals surface area (Å²) in [5, 5.41) is 3.47. The molecule has 2 aromatic rings. The fourth-order valence-electron chi connectivity index (χ4n) is 1.93. The second-order valence-electron chi connectivity index (χ2n) is 5.05. The molecule has 0 spiro atoms. The Bertz CT molecular complexity index is 595. The van der Waals surface area contributed by atoms with Crippen molar-refractivity contribution in [3.63, 3.8) is 0 Å². The fourth-order valence-corrected chi connectivity index (χ4v) is 2.37. The third kappa shape index (κ3) is 4.79. The second kappa shape index (κ2) is 7.52. The van der Waals surface area contributed by atoms with Crippen molar-refractivity contribution in [3.8, 4) is 11.3 Å². The molecular weight excluding hydrogens is 289 g/mol. The van der Waals surface area contributed by atoms with E-state index in [9.17, 15) is 8.60 Å². The van der Waals surface area contributed by atoms with Gasteiger partial charge in [-0.05, 0) is 49.4 Å². The zero-order valence-corrected chi connectivity index (χ0v) is 13.1. The predicted molar refractivity (Wildman–Crippen MR) is 84.0 cm³/mol. The monoisotopic (exact) mass is 309 g/mol. The molecule has 1 N–H and O–H groups in total. The van der Waals surface area contributed by atoms with Gasteiger partial charge in [0.15, 0.2) is 0 Å². The van der Waals surface area contributed by atoms with E-state index in [1.54, 1.807) is 18.4 Å². The Kier molecular flexibility index (Phi) is 5.70. The van der Waals surface area contributed by atoms with Crippen LogP contribution >= 0.6 is 0 Å². The average molecular weight is 309 g/mol. The molecular formula is C16H20FNO2S. The van der Waals surface area contributed by atoms with E-state index >= 15 is 0 Å². The first kappa shape index (κ1) is 15.9. The molecule has 1 aromatic carbocycles. The van der Waals surface area contributed by atoms with Crippen LogP contribution in [0, 0.1) is 5.82 Å². The van der Waals surface area contributed by atoms with E-state index in [4.69, 9.17) is 4.42 Å². The van der Waals surface area contributed by atoms with E-state index in [1.165, 1.54) is 12.1 Å². The fraction of sp³-hybridized carbons (Fsp3) is 0.375. The molecule has 1 aromatic heterocycles. The standard InChI is InChI=1S/C16H20FNO2S/c1-12(21(2)19)9-10-18-11-15-7-8-16(20-15)13-3-5-14(17)6-4-13/h3-8,12,18H,9-11H2,1-2H3. The summed E-state index contributed by atoms with van der Waals surface area (Å²) in [6.45, 7) is 3.41. The molecule has 0 bridgehead atoms. The smallest absolute Gasteiger partial charge is 0.134 e. The van der Waals surface area contributed by atoms with Gasteiger partial charge < -0.3 is 9.73 Å². The Morgan fingerprint density at radius 2 is 1.95 bits per heavy atom. The molecule has 0 saturated carbocycles. The highest BCUT2D eigenvalue weighted by Gasteiger charge is 2.07. The third-order valence-corrected chi connectivity index (χ3v) is 4.75. The minimum absolute atomic E-state index is 0.198. The van der Waals surface area contributed by atoms with Gasteiger partial charge in [-0.2, -0.15) is 0 Å². The number of hydrogen-bond donors (Lipinski definition) is 1. The Labute approximate surface area is 127 Å². The van der Waals surface area contributed by atoms with Crippen LogP contribution in [0.15, 0.2) is 40.8 Å². The molecule has 2 unspecified atom stereocenters. The molecule has 3 nitrogen and oxygen atoms in total. The minimum Gasteiger partial charge on any atom is -0.460 e. The highest BCUT2D eigenvalue weighted by molar-refractivity contribution is 7.84. The first-order valence-corrected chi connectivity index (χ1v) is 8.56. The average Bonchev–Trinajstić information content (AvgIpc) is 2.93. The van der Waals surface area contributed by atoms with E-state index in [2.05, 4.69) is 5.32 Å². The van der Waals surface area contributed by atoms with E-state index in [-0.39, 0.29) is 11.1 Å². The van der Waals surface area contributed by atoms with Crippen molar-refractivity contribution in [2.24, 2.45) is 0 Å². The summed E-state index contributed by atoms with van der Waals surface area (Å²) in [5.41, 5.74) is 0.859. The largest absolute Gasteiger partial charge is 0.460 e. The van der Waals surface area contributed by atoms with Crippen LogP contribution in [0.4, 0.5) is 4.39 Å². The van der Waals surface area contributed by atoms with Gasteiger partial charge in [-0.15, -0.1) is 0 Å². The lowest BCUT2D eigenvalue weighted by Gasteiger charge is -2.08. The summed E-state index contributed by atoms with van der Waals surface area (Å²) in [4.78, 5) is 0. The van der Waals surface area contributed by atoms with Gasteiger partial charge in [0.2, 0.25) is 0 Å². The molecule has 1 heterocycles. The molecule has 2 atom stereocenters. The molecule has 0 aliphatic heterocycles. The normalized spacial score (nSPS) is 14.0. The summed E-state index contributed by atoms with van der Waals surface area (Å²) in [6.07, 6.45) is 2.60. The lowest BCUT2D eigenvalue weighted by Crippen LogP contribution is -2.20. The summed E-state index contributed by atoms with van der Waals surface area (Å²) in [5.74, 6) is 1.31. The molecule has 0 amide bonds. The maximum absolute atomic E-state index is 12.9. The summed E-state index contributed by atoms with van der Waals surface area (Å²) >= 11 is 0. The predicted octanol–water partition coefficient (Wildman–Crippen LogP) is 3.33. The lowest BCUT2D eigenvalue weighted by atomic mass is 10.2. The number of furan rings is 1. The van der Waals surface area contributed by atoms with Crippen molar-refractivity contribution in [2.45, 2.75) is 25.1 Å². The van der Waals surface area contributed by atoms with Crippen LogP contribution in [0.3, 0.4) is 0 Å². The Morgan fingerprint density at radius 1 is 1.24 bits per heavy atom. The van der Waals surface area contributed by atoms with Crippen LogP contribution in [-0.2, 0) is 17.3 Å². The van der Waals surface area contributed by atoms with Crippen molar-refractivity contribution < 1.29 is 13.0 Å². The van der Waals surface area contributed by atoms with Gasteiger partial charge in [-0.1, -0.05) is 6.92 Å². The van der Waals surface area contributed by atoms with Crippen LogP contribution < -0.4 is 5.32 Å². The molecule has 0 aliphatic carbocycles. The first-order chi connectivity index (χ1) is 10.1. The lowest BCUT2D eigenvalue weighted by molar-refractivity contribution is 0.490. The Hall–Kier alpha value is -1.46. The number of benzene rings is 1. The van der Waals surface area contributed by atoms with Gasteiger partial charge in [-0.3, -0.25) is 4.21 Å². The van der Waals surface area contributed by atoms with Gasteiger partial charge in [0.05, 0.1) is 6.54 Å². The van der Waals surface area contributed by atoms with E-state index in [0.717, 1.165) is 30.0 Å². The molecule has 21 heavy (non-hydrogen) atoms. The number of hydrogen-bond acceptors (Lipinski definition) is 3. The Morgan fingerprint density at radius 3 is 2.62 bits per heavy atom. The number of rotatable bonds is 7. The summed E-state index contributed by atoms with van der Waals surface area (Å²) in [6, 6.07) is 10.0. The van der Waals surface area contributed by atoms with Gasteiger partial charge in [0.1, 0.15) is 17.3 Å². The maximum atomic E-state index is 12.9. The third-order valence-electron chi connectivity index (χ3n) is 3.38.